The van der Waals surface area contributed by atoms with Gasteiger partial charge in [-0.15, -0.1) is 0 Å². The lowest BCUT2D eigenvalue weighted by molar-refractivity contribution is -0.0303. The number of benzene rings is 2. The molecule has 2 atom stereocenters. The molecule has 2 heterocycles. The van der Waals surface area contributed by atoms with Gasteiger partial charge in [-0.3, -0.25) is 4.79 Å². The van der Waals surface area contributed by atoms with Gasteiger partial charge in [0.25, 0.3) is 5.91 Å². The van der Waals surface area contributed by atoms with E-state index in [9.17, 15) is 4.79 Å². The predicted molar refractivity (Wildman–Crippen MR) is 85.4 cm³/mol. The maximum absolute atomic E-state index is 12.7. The van der Waals surface area contributed by atoms with Crippen LogP contribution in [0.5, 0.6) is 0 Å². The molecule has 21 heavy (non-hydrogen) atoms. The summed E-state index contributed by atoms with van der Waals surface area (Å²) in [5, 5.41) is 2.24. The summed E-state index contributed by atoms with van der Waals surface area (Å²) in [6.07, 6.45) is 2.65. The summed E-state index contributed by atoms with van der Waals surface area (Å²) in [7, 11) is 0. The van der Waals surface area contributed by atoms with Crippen LogP contribution in [-0.4, -0.2) is 36.1 Å². The van der Waals surface area contributed by atoms with Crippen LogP contribution < -0.4 is 0 Å². The van der Waals surface area contributed by atoms with Crippen LogP contribution >= 0.6 is 15.9 Å². The van der Waals surface area contributed by atoms with Crippen molar-refractivity contribution in [3.05, 3.63) is 46.4 Å². The highest BCUT2D eigenvalue weighted by Gasteiger charge is 2.35. The molecule has 3 nitrogen and oxygen atoms in total. The van der Waals surface area contributed by atoms with Gasteiger partial charge >= 0.3 is 0 Å². The van der Waals surface area contributed by atoms with Crippen LogP contribution in [0.4, 0.5) is 0 Å². The van der Waals surface area contributed by atoms with E-state index < -0.39 is 0 Å². The fraction of sp³-hybridized carbons (Fsp3) is 0.353. The summed E-state index contributed by atoms with van der Waals surface area (Å²) >= 11 is 3.47. The van der Waals surface area contributed by atoms with Crippen molar-refractivity contribution >= 4 is 32.6 Å². The molecular weight excluding hydrogens is 330 g/mol. The van der Waals surface area contributed by atoms with E-state index in [0.717, 1.165) is 46.7 Å². The average molecular weight is 346 g/mol. The summed E-state index contributed by atoms with van der Waals surface area (Å²) in [5.74, 6) is 0.125. The molecule has 2 aromatic rings. The van der Waals surface area contributed by atoms with Crippen LogP contribution in [-0.2, 0) is 4.74 Å². The lowest BCUT2D eigenvalue weighted by Gasteiger charge is -2.32. The zero-order valence-electron chi connectivity index (χ0n) is 11.6. The van der Waals surface area contributed by atoms with Gasteiger partial charge in [0.15, 0.2) is 0 Å². The fourth-order valence-electron chi connectivity index (χ4n) is 3.31. The minimum absolute atomic E-state index is 0.125. The molecule has 0 saturated carbocycles. The summed E-state index contributed by atoms with van der Waals surface area (Å²) < 4.78 is 6.85. The van der Waals surface area contributed by atoms with Crippen LogP contribution in [0.3, 0.4) is 0 Å². The van der Waals surface area contributed by atoms with Gasteiger partial charge < -0.3 is 9.64 Å². The third kappa shape index (κ3) is 2.47. The normalized spacial score (nSPS) is 24.5. The largest absolute Gasteiger partial charge is 0.371 e. The molecule has 0 radical (unpaired) electrons. The number of morpholine rings is 1. The molecule has 2 bridgehead atoms. The molecule has 108 valence electrons. The number of fused-ring (bicyclic) bond motifs is 3. The van der Waals surface area contributed by atoms with E-state index in [-0.39, 0.29) is 18.1 Å². The van der Waals surface area contributed by atoms with Crippen LogP contribution in [0.2, 0.25) is 0 Å². The number of rotatable bonds is 1. The van der Waals surface area contributed by atoms with Crippen molar-refractivity contribution in [2.24, 2.45) is 0 Å². The Kier molecular flexibility index (Phi) is 3.23. The molecule has 0 aliphatic carbocycles. The highest BCUT2D eigenvalue weighted by molar-refractivity contribution is 9.10. The molecule has 4 heteroatoms. The number of ether oxygens (including phenoxy) is 1. The second-order valence-electron chi connectivity index (χ2n) is 5.87. The van der Waals surface area contributed by atoms with Crippen LogP contribution in [0.25, 0.3) is 10.8 Å². The number of nitrogens with zero attached hydrogens (tertiary/aromatic N) is 1. The number of likely N-dealkylation sites (tertiary alicyclic amines) is 1. The predicted octanol–water partition coefficient (Wildman–Crippen LogP) is 3.61. The van der Waals surface area contributed by atoms with Gasteiger partial charge in [-0.25, -0.2) is 0 Å². The monoisotopic (exact) mass is 345 g/mol. The topological polar surface area (TPSA) is 29.5 Å². The first-order valence-electron chi connectivity index (χ1n) is 7.33. The second-order valence-corrected chi connectivity index (χ2v) is 6.79. The summed E-state index contributed by atoms with van der Waals surface area (Å²) in [6.45, 7) is 1.46. The Morgan fingerprint density at radius 3 is 2.48 bits per heavy atom. The molecule has 2 unspecified atom stereocenters. The summed E-state index contributed by atoms with van der Waals surface area (Å²) in [4.78, 5) is 14.6. The first-order chi connectivity index (χ1) is 10.2. The van der Waals surface area contributed by atoms with Gasteiger partial charge in [0, 0.05) is 23.1 Å². The van der Waals surface area contributed by atoms with Crippen molar-refractivity contribution in [1.82, 2.24) is 4.90 Å². The van der Waals surface area contributed by atoms with Gasteiger partial charge in [0.1, 0.15) is 0 Å². The van der Waals surface area contributed by atoms with Crippen LogP contribution in [0.1, 0.15) is 23.2 Å². The number of amides is 1. The van der Waals surface area contributed by atoms with Crippen LogP contribution in [0.15, 0.2) is 40.9 Å². The van der Waals surface area contributed by atoms with Crippen molar-refractivity contribution in [3.8, 4) is 0 Å². The smallest absolute Gasteiger partial charge is 0.254 e. The van der Waals surface area contributed by atoms with Crippen molar-refractivity contribution in [1.29, 1.82) is 0 Å². The minimum Gasteiger partial charge on any atom is -0.371 e. The molecular formula is C17H16BrNO2. The Hall–Kier alpha value is -1.39. The molecule has 1 amide bonds. The van der Waals surface area contributed by atoms with Crippen molar-refractivity contribution in [2.75, 3.05) is 13.1 Å². The molecule has 2 aliphatic rings. The highest BCUT2D eigenvalue weighted by atomic mass is 79.9. The number of halogens is 1. The van der Waals surface area contributed by atoms with E-state index in [1.54, 1.807) is 0 Å². The molecule has 0 aromatic heterocycles. The Morgan fingerprint density at radius 1 is 1.05 bits per heavy atom. The fourth-order valence-corrected chi connectivity index (χ4v) is 3.69. The Balaban J connectivity index is 1.63. The Labute approximate surface area is 132 Å². The molecule has 2 fully saturated rings. The lowest BCUT2D eigenvalue weighted by atomic mass is 10.1. The maximum Gasteiger partial charge on any atom is 0.254 e. The standard InChI is InChI=1S/C17H16BrNO2/c18-14-4-3-11-7-13(2-1-12(11)8-14)17(20)19-9-15-5-6-16(10-19)21-15/h1-4,7-8,15-16H,5-6,9-10H2. The number of carbonyl (C=O) groups is 1. The SMILES string of the molecule is O=C(c1ccc2cc(Br)ccc2c1)N1CC2CCC(C1)O2. The van der Waals surface area contributed by atoms with E-state index in [1.165, 1.54) is 0 Å². The number of hydrogen-bond acceptors (Lipinski definition) is 2. The molecule has 0 N–H and O–H groups in total. The quantitative estimate of drug-likeness (QED) is 0.790. The van der Waals surface area contributed by atoms with Crippen molar-refractivity contribution < 1.29 is 9.53 Å². The molecule has 2 aromatic carbocycles. The summed E-state index contributed by atoms with van der Waals surface area (Å²) in [5.41, 5.74) is 0.770. The molecule has 2 aliphatic heterocycles. The van der Waals surface area contributed by atoms with Crippen molar-refractivity contribution in [3.63, 3.8) is 0 Å². The average Bonchev–Trinajstić information content (AvgIpc) is 2.84. The van der Waals surface area contributed by atoms with E-state index in [0.29, 0.717) is 0 Å². The lowest BCUT2D eigenvalue weighted by Crippen LogP contribution is -2.45. The van der Waals surface area contributed by atoms with E-state index in [4.69, 9.17) is 4.74 Å². The van der Waals surface area contributed by atoms with Gasteiger partial charge in [-0.2, -0.15) is 0 Å². The zero-order valence-corrected chi connectivity index (χ0v) is 13.2. The van der Waals surface area contributed by atoms with Gasteiger partial charge in [-0.05, 0) is 47.9 Å². The minimum atomic E-state index is 0.125. The second kappa shape index (κ2) is 5.11. The van der Waals surface area contributed by atoms with E-state index >= 15 is 0 Å². The maximum atomic E-state index is 12.7. The van der Waals surface area contributed by atoms with E-state index in [1.807, 2.05) is 35.2 Å². The van der Waals surface area contributed by atoms with Gasteiger partial charge in [0.05, 0.1) is 12.2 Å². The van der Waals surface area contributed by atoms with Crippen LogP contribution in [0, 0.1) is 0 Å². The Morgan fingerprint density at radius 2 is 1.71 bits per heavy atom. The third-order valence-corrected chi connectivity index (χ3v) is 4.87. The van der Waals surface area contributed by atoms with Crippen molar-refractivity contribution in [2.45, 2.75) is 25.0 Å². The van der Waals surface area contributed by atoms with Gasteiger partial charge in [-0.1, -0.05) is 28.1 Å². The van der Waals surface area contributed by atoms with Gasteiger partial charge in [0.2, 0.25) is 0 Å². The van der Waals surface area contributed by atoms with E-state index in [2.05, 4.69) is 22.0 Å². The number of carbonyl (C=O) groups excluding carboxylic acids is 1. The Bertz CT molecular complexity index is 703. The first-order valence-corrected chi connectivity index (χ1v) is 8.12. The zero-order chi connectivity index (χ0) is 14.4. The molecule has 2 saturated heterocycles. The third-order valence-electron chi connectivity index (χ3n) is 4.38. The highest BCUT2D eigenvalue weighted by Crippen LogP contribution is 2.28. The molecule has 0 spiro atoms. The first kappa shape index (κ1) is 13.3. The summed E-state index contributed by atoms with van der Waals surface area (Å²) in [6, 6.07) is 12.0. The number of hydrogen-bond donors (Lipinski definition) is 0. The molecule has 4 rings (SSSR count).